The van der Waals surface area contributed by atoms with Crippen LogP contribution in [0.4, 0.5) is 8.78 Å². The molecule has 0 atom stereocenters. The van der Waals surface area contributed by atoms with Crippen LogP contribution in [-0.4, -0.2) is 23.6 Å². The van der Waals surface area contributed by atoms with Gasteiger partial charge in [0.25, 0.3) is 0 Å². The van der Waals surface area contributed by atoms with Crippen LogP contribution in [-0.2, 0) is 6.54 Å². The second-order valence-electron chi connectivity index (χ2n) is 5.72. The molecule has 0 amide bonds. The van der Waals surface area contributed by atoms with Crippen molar-refractivity contribution in [3.05, 3.63) is 58.8 Å². The van der Waals surface area contributed by atoms with Gasteiger partial charge in [-0.2, -0.15) is 4.68 Å². The average Bonchev–Trinajstić information content (AvgIpc) is 3.03. The molecule has 0 unspecified atom stereocenters. The molecule has 2 aromatic carbocycles. The highest BCUT2D eigenvalue weighted by Gasteiger charge is 2.13. The van der Waals surface area contributed by atoms with Crippen molar-refractivity contribution in [1.82, 2.24) is 9.78 Å². The first-order chi connectivity index (χ1) is 12.6. The fourth-order valence-corrected chi connectivity index (χ4v) is 2.65. The first kappa shape index (κ1) is 17.8. The summed E-state index contributed by atoms with van der Waals surface area (Å²) in [6.45, 7) is -0.138. The minimum Gasteiger partial charge on any atom is -0.496 e. The summed E-state index contributed by atoms with van der Waals surface area (Å²) in [5.74, 6) is -0.281. The molecule has 0 N–H and O–H groups in total. The number of benzene rings is 2. The number of ether oxygens (including phenoxy) is 1. The maximum absolute atomic E-state index is 13.6. The molecule has 0 fully saturated rings. The van der Waals surface area contributed by atoms with Gasteiger partial charge in [-0.3, -0.25) is 4.39 Å². The molecule has 26 heavy (non-hydrogen) atoms. The zero-order chi connectivity index (χ0) is 18.5. The lowest BCUT2D eigenvalue weighted by Gasteiger charge is -2.09. The Labute approximate surface area is 148 Å². The van der Waals surface area contributed by atoms with Crippen LogP contribution >= 0.6 is 0 Å². The second kappa shape index (κ2) is 7.95. The lowest BCUT2D eigenvalue weighted by atomic mass is 10.0. The van der Waals surface area contributed by atoms with Gasteiger partial charge in [0, 0.05) is 17.7 Å². The van der Waals surface area contributed by atoms with E-state index in [9.17, 15) is 13.6 Å². The summed E-state index contributed by atoms with van der Waals surface area (Å²) >= 11 is 0. The molecule has 3 rings (SSSR count). The molecule has 0 aliphatic carbocycles. The molecule has 0 saturated heterocycles. The Bertz CT molecular complexity index is 950. The van der Waals surface area contributed by atoms with Gasteiger partial charge in [0.2, 0.25) is 5.89 Å². The Morgan fingerprint density at radius 1 is 1.15 bits per heavy atom. The van der Waals surface area contributed by atoms with E-state index in [-0.39, 0.29) is 11.7 Å². The van der Waals surface area contributed by atoms with Gasteiger partial charge < -0.3 is 9.15 Å². The summed E-state index contributed by atoms with van der Waals surface area (Å²) in [6.07, 6.45) is 0.867. The Morgan fingerprint density at radius 3 is 2.73 bits per heavy atom. The van der Waals surface area contributed by atoms with Crippen molar-refractivity contribution in [1.29, 1.82) is 0 Å². The van der Waals surface area contributed by atoms with Crippen molar-refractivity contribution in [3.63, 3.8) is 0 Å². The van der Waals surface area contributed by atoms with E-state index in [0.29, 0.717) is 41.8 Å². The molecule has 0 radical (unpaired) electrons. The Morgan fingerprint density at radius 2 is 1.96 bits per heavy atom. The molecule has 0 aliphatic rings. The normalized spacial score (nSPS) is 10.9. The highest BCUT2D eigenvalue weighted by atomic mass is 19.1. The van der Waals surface area contributed by atoms with E-state index < -0.39 is 12.4 Å². The second-order valence-corrected chi connectivity index (χ2v) is 5.72. The standard InChI is InChI=1S/C19H18F2N2O3/c1-25-17-8-7-15(21)12-16(17)13-5-4-6-14(11-13)18-22-23(19(24)26-18)10-3-2-9-20/h4-8,11-12H,2-3,9-10H2,1H3. The van der Waals surface area contributed by atoms with Crippen molar-refractivity contribution in [2.24, 2.45) is 0 Å². The summed E-state index contributed by atoms with van der Waals surface area (Å²) in [5, 5.41) is 4.16. The van der Waals surface area contributed by atoms with E-state index in [4.69, 9.17) is 9.15 Å². The van der Waals surface area contributed by atoms with E-state index in [1.807, 2.05) is 0 Å². The summed E-state index contributed by atoms with van der Waals surface area (Å²) in [6, 6.07) is 11.3. The Hall–Kier alpha value is -2.96. The number of aromatic nitrogens is 2. The molecule has 0 saturated carbocycles. The van der Waals surface area contributed by atoms with E-state index in [2.05, 4.69) is 5.10 Å². The Kier molecular flexibility index (Phi) is 5.46. The van der Waals surface area contributed by atoms with Gasteiger partial charge in [0.1, 0.15) is 11.6 Å². The minimum absolute atomic E-state index is 0.160. The van der Waals surface area contributed by atoms with Gasteiger partial charge in [-0.15, -0.1) is 5.10 Å². The van der Waals surface area contributed by atoms with Gasteiger partial charge in [-0.1, -0.05) is 12.1 Å². The first-order valence-corrected chi connectivity index (χ1v) is 8.20. The molecule has 0 aliphatic heterocycles. The largest absolute Gasteiger partial charge is 0.496 e. The lowest BCUT2D eigenvalue weighted by Crippen LogP contribution is -2.15. The maximum atomic E-state index is 13.6. The van der Waals surface area contributed by atoms with Crippen LogP contribution in [0.15, 0.2) is 51.7 Å². The molecule has 1 heterocycles. The van der Waals surface area contributed by atoms with Gasteiger partial charge in [0.05, 0.1) is 13.8 Å². The molecule has 136 valence electrons. The zero-order valence-corrected chi connectivity index (χ0v) is 14.2. The van der Waals surface area contributed by atoms with Crippen LogP contribution in [0.5, 0.6) is 5.75 Å². The third-order valence-corrected chi connectivity index (χ3v) is 3.94. The molecule has 0 spiro atoms. The molecular weight excluding hydrogens is 342 g/mol. The van der Waals surface area contributed by atoms with Gasteiger partial charge >= 0.3 is 5.76 Å². The van der Waals surface area contributed by atoms with Crippen molar-refractivity contribution in [2.45, 2.75) is 19.4 Å². The van der Waals surface area contributed by atoms with Crippen LogP contribution in [0.2, 0.25) is 0 Å². The van der Waals surface area contributed by atoms with Crippen LogP contribution in [0.3, 0.4) is 0 Å². The number of unbranched alkanes of at least 4 members (excludes halogenated alkanes) is 1. The summed E-state index contributed by atoms with van der Waals surface area (Å²) in [7, 11) is 1.51. The summed E-state index contributed by atoms with van der Waals surface area (Å²) < 4.78 is 37.5. The van der Waals surface area contributed by atoms with Crippen molar-refractivity contribution >= 4 is 0 Å². The van der Waals surface area contributed by atoms with Crippen molar-refractivity contribution in [3.8, 4) is 28.3 Å². The van der Waals surface area contributed by atoms with E-state index in [1.165, 1.54) is 23.9 Å². The highest BCUT2D eigenvalue weighted by molar-refractivity contribution is 5.74. The first-order valence-electron chi connectivity index (χ1n) is 8.20. The van der Waals surface area contributed by atoms with Crippen LogP contribution < -0.4 is 10.5 Å². The number of hydrogen-bond donors (Lipinski definition) is 0. The molecule has 7 heteroatoms. The topological polar surface area (TPSA) is 57.3 Å². The lowest BCUT2D eigenvalue weighted by molar-refractivity contribution is 0.415. The summed E-state index contributed by atoms with van der Waals surface area (Å²) in [4.78, 5) is 11.9. The SMILES string of the molecule is COc1ccc(F)cc1-c1cccc(-c2nn(CCCCF)c(=O)o2)c1. The number of methoxy groups -OCH3 is 1. The molecule has 0 bridgehead atoms. The maximum Gasteiger partial charge on any atom is 0.437 e. The predicted octanol–water partition coefficient (Wildman–Crippen LogP) is 4.07. The van der Waals surface area contributed by atoms with Gasteiger partial charge in [0.15, 0.2) is 0 Å². The van der Waals surface area contributed by atoms with Crippen LogP contribution in [0.25, 0.3) is 22.6 Å². The average molecular weight is 360 g/mol. The fraction of sp³-hybridized carbons (Fsp3) is 0.263. The molecule has 5 nitrogen and oxygen atoms in total. The van der Waals surface area contributed by atoms with E-state index in [1.54, 1.807) is 30.3 Å². The highest BCUT2D eigenvalue weighted by Crippen LogP contribution is 2.32. The van der Waals surface area contributed by atoms with Crippen LogP contribution in [0, 0.1) is 5.82 Å². The third kappa shape index (κ3) is 3.82. The van der Waals surface area contributed by atoms with E-state index >= 15 is 0 Å². The number of aryl methyl sites for hydroxylation is 1. The number of hydrogen-bond acceptors (Lipinski definition) is 4. The van der Waals surface area contributed by atoms with Gasteiger partial charge in [-0.25, -0.2) is 9.18 Å². The van der Waals surface area contributed by atoms with Gasteiger partial charge in [-0.05, 0) is 48.7 Å². The smallest absolute Gasteiger partial charge is 0.437 e. The molecule has 3 aromatic rings. The monoisotopic (exact) mass is 360 g/mol. The number of nitrogens with zero attached hydrogens (tertiary/aromatic N) is 2. The minimum atomic E-state index is -0.590. The predicted molar refractivity (Wildman–Crippen MR) is 93.4 cm³/mol. The molecular formula is C19H18F2N2O3. The fourth-order valence-electron chi connectivity index (χ4n) is 2.65. The number of alkyl halides is 1. The molecule has 1 aromatic heterocycles. The third-order valence-electron chi connectivity index (χ3n) is 3.94. The van der Waals surface area contributed by atoms with Crippen molar-refractivity contribution < 1.29 is 17.9 Å². The number of rotatable bonds is 7. The Balaban J connectivity index is 1.95. The number of halogens is 2. The van der Waals surface area contributed by atoms with Crippen molar-refractivity contribution in [2.75, 3.05) is 13.8 Å². The van der Waals surface area contributed by atoms with E-state index in [0.717, 1.165) is 0 Å². The zero-order valence-electron chi connectivity index (χ0n) is 14.2. The summed E-state index contributed by atoms with van der Waals surface area (Å²) in [5.41, 5.74) is 1.86. The van der Waals surface area contributed by atoms with Crippen LogP contribution in [0.1, 0.15) is 12.8 Å². The quantitative estimate of drug-likeness (QED) is 0.596.